The molecule has 0 rings (SSSR count). The van der Waals surface area contributed by atoms with E-state index in [9.17, 15) is 14.4 Å². The van der Waals surface area contributed by atoms with E-state index in [2.05, 4.69) is 6.58 Å². The lowest BCUT2D eigenvalue weighted by Crippen LogP contribution is -2.30. The predicted molar refractivity (Wildman–Crippen MR) is 98.0 cm³/mol. The van der Waals surface area contributed by atoms with Gasteiger partial charge in [-0.15, -0.1) is 0 Å². The van der Waals surface area contributed by atoms with Crippen molar-refractivity contribution in [2.45, 2.75) is 47.5 Å². The van der Waals surface area contributed by atoms with E-state index in [1.165, 1.54) is 11.8 Å². The highest BCUT2D eigenvalue weighted by Gasteiger charge is 2.29. The summed E-state index contributed by atoms with van der Waals surface area (Å²) in [7, 11) is 0. The monoisotopic (exact) mass is 374 g/mol. The number of rotatable bonds is 12. The second-order valence-corrected chi connectivity index (χ2v) is 7.58. The van der Waals surface area contributed by atoms with Gasteiger partial charge in [0.05, 0.1) is 23.5 Å². The van der Waals surface area contributed by atoms with Crippen molar-refractivity contribution in [1.82, 2.24) is 0 Å². The van der Waals surface area contributed by atoms with Gasteiger partial charge in [-0.1, -0.05) is 20.4 Å². The van der Waals surface area contributed by atoms with Gasteiger partial charge < -0.3 is 14.2 Å². The van der Waals surface area contributed by atoms with E-state index in [0.717, 1.165) is 6.42 Å². The van der Waals surface area contributed by atoms with Crippen molar-refractivity contribution < 1.29 is 28.6 Å². The molecule has 0 amide bonds. The quantitative estimate of drug-likeness (QED) is 0.224. The molecule has 0 radical (unpaired) electrons. The highest BCUT2D eigenvalue weighted by molar-refractivity contribution is 7.99. The first-order valence-electron chi connectivity index (χ1n) is 8.38. The number of ether oxygens (including phenoxy) is 3. The van der Waals surface area contributed by atoms with E-state index in [-0.39, 0.29) is 30.9 Å². The summed E-state index contributed by atoms with van der Waals surface area (Å²) in [6.07, 6.45) is 0.748. The molecular weight excluding hydrogens is 344 g/mol. The SMILES string of the molecule is C=C(C)OC(=O)CCOC(=O)C(C)(C)CSCCOC(=O)C(C)CC. The van der Waals surface area contributed by atoms with E-state index >= 15 is 0 Å². The zero-order valence-electron chi connectivity index (χ0n) is 15.9. The molecule has 0 heterocycles. The fourth-order valence-corrected chi connectivity index (χ4v) is 2.54. The standard InChI is InChI=1S/C18H30O6S/c1-7-14(4)16(20)22-10-11-25-12-18(5,6)17(21)23-9-8-15(19)24-13(2)3/h14H,2,7-12H2,1,3-6H3. The molecule has 0 aliphatic rings. The van der Waals surface area contributed by atoms with Crippen molar-refractivity contribution in [2.75, 3.05) is 24.7 Å². The minimum absolute atomic E-state index is 0.00656. The van der Waals surface area contributed by atoms with Gasteiger partial charge in [-0.05, 0) is 27.2 Å². The highest BCUT2D eigenvalue weighted by Crippen LogP contribution is 2.23. The first-order valence-corrected chi connectivity index (χ1v) is 9.53. The van der Waals surface area contributed by atoms with Crippen molar-refractivity contribution in [1.29, 1.82) is 0 Å². The van der Waals surface area contributed by atoms with Gasteiger partial charge in [0.25, 0.3) is 0 Å². The molecule has 1 atom stereocenters. The molecule has 0 aromatic heterocycles. The van der Waals surface area contributed by atoms with Crippen LogP contribution in [0.15, 0.2) is 12.3 Å². The molecule has 0 saturated heterocycles. The molecule has 7 heteroatoms. The van der Waals surface area contributed by atoms with Gasteiger partial charge in [-0.2, -0.15) is 11.8 Å². The lowest BCUT2D eigenvalue weighted by molar-refractivity contribution is -0.154. The van der Waals surface area contributed by atoms with E-state index in [4.69, 9.17) is 14.2 Å². The summed E-state index contributed by atoms with van der Waals surface area (Å²) in [6, 6.07) is 0. The summed E-state index contributed by atoms with van der Waals surface area (Å²) >= 11 is 1.52. The molecule has 1 unspecified atom stereocenters. The summed E-state index contributed by atoms with van der Waals surface area (Å²) < 4.78 is 15.1. The van der Waals surface area contributed by atoms with Gasteiger partial charge in [0.15, 0.2) is 0 Å². The Morgan fingerprint density at radius 2 is 1.80 bits per heavy atom. The minimum atomic E-state index is -0.691. The zero-order valence-corrected chi connectivity index (χ0v) is 16.7. The minimum Gasteiger partial charge on any atom is -0.465 e. The van der Waals surface area contributed by atoms with Crippen LogP contribution in [0.3, 0.4) is 0 Å². The lowest BCUT2D eigenvalue weighted by atomic mass is 9.97. The Balaban J connectivity index is 3.98. The number of carbonyl (C=O) groups is 3. The van der Waals surface area contributed by atoms with Gasteiger partial charge >= 0.3 is 17.9 Å². The molecular formula is C18H30O6S. The van der Waals surface area contributed by atoms with Crippen molar-refractivity contribution in [3.63, 3.8) is 0 Å². The summed E-state index contributed by atoms with van der Waals surface area (Å²) in [5.41, 5.74) is -0.691. The van der Waals surface area contributed by atoms with Gasteiger partial charge in [-0.25, -0.2) is 0 Å². The average molecular weight is 374 g/mol. The zero-order chi connectivity index (χ0) is 19.5. The van der Waals surface area contributed by atoms with Crippen LogP contribution in [0.4, 0.5) is 0 Å². The van der Waals surface area contributed by atoms with Crippen molar-refractivity contribution >= 4 is 29.7 Å². The Labute approximate surface area is 154 Å². The first-order chi connectivity index (χ1) is 11.6. The Bertz CT molecular complexity index is 472. The molecule has 0 aromatic rings. The van der Waals surface area contributed by atoms with Gasteiger partial charge in [0.2, 0.25) is 0 Å². The maximum Gasteiger partial charge on any atom is 0.314 e. The van der Waals surface area contributed by atoms with Crippen molar-refractivity contribution in [3.8, 4) is 0 Å². The Morgan fingerprint density at radius 1 is 1.16 bits per heavy atom. The molecule has 0 N–H and O–H groups in total. The van der Waals surface area contributed by atoms with E-state index in [1.54, 1.807) is 20.8 Å². The number of esters is 3. The topological polar surface area (TPSA) is 78.9 Å². The van der Waals surface area contributed by atoms with Crippen LogP contribution in [0.1, 0.15) is 47.5 Å². The van der Waals surface area contributed by atoms with Crippen LogP contribution < -0.4 is 0 Å². The van der Waals surface area contributed by atoms with Crippen LogP contribution in [0.2, 0.25) is 0 Å². The van der Waals surface area contributed by atoms with Crippen LogP contribution in [0, 0.1) is 11.3 Å². The first kappa shape index (κ1) is 23.5. The van der Waals surface area contributed by atoms with Gasteiger partial charge in [-0.3, -0.25) is 14.4 Å². The third-order valence-corrected chi connectivity index (χ3v) is 4.71. The molecule has 6 nitrogen and oxygen atoms in total. The van der Waals surface area contributed by atoms with E-state index in [0.29, 0.717) is 23.9 Å². The predicted octanol–water partition coefficient (Wildman–Crippen LogP) is 3.35. The summed E-state index contributed by atoms with van der Waals surface area (Å²) in [6.45, 7) is 12.7. The molecule has 25 heavy (non-hydrogen) atoms. The molecule has 144 valence electrons. The molecule has 0 spiro atoms. The van der Waals surface area contributed by atoms with Crippen LogP contribution in [0.5, 0.6) is 0 Å². The Kier molecular flexibility index (Phi) is 11.2. The van der Waals surface area contributed by atoms with Crippen LogP contribution >= 0.6 is 11.8 Å². The fourth-order valence-electron chi connectivity index (χ4n) is 1.56. The van der Waals surface area contributed by atoms with Crippen LogP contribution in [0.25, 0.3) is 0 Å². The second-order valence-electron chi connectivity index (χ2n) is 6.48. The third kappa shape index (κ3) is 10.9. The van der Waals surface area contributed by atoms with Gasteiger partial charge in [0, 0.05) is 11.5 Å². The van der Waals surface area contributed by atoms with E-state index < -0.39 is 11.4 Å². The molecule has 0 fully saturated rings. The van der Waals surface area contributed by atoms with Crippen LogP contribution in [-0.4, -0.2) is 42.6 Å². The number of thioether (sulfide) groups is 1. The molecule has 0 saturated carbocycles. The average Bonchev–Trinajstić information content (AvgIpc) is 2.52. The number of carbonyl (C=O) groups excluding carboxylic acids is 3. The largest absolute Gasteiger partial charge is 0.465 e. The van der Waals surface area contributed by atoms with Crippen molar-refractivity contribution in [3.05, 3.63) is 12.3 Å². The van der Waals surface area contributed by atoms with Gasteiger partial charge in [0.1, 0.15) is 13.2 Å². The van der Waals surface area contributed by atoms with Crippen molar-refractivity contribution in [2.24, 2.45) is 11.3 Å². The summed E-state index contributed by atoms with van der Waals surface area (Å²) in [4.78, 5) is 34.9. The summed E-state index contributed by atoms with van der Waals surface area (Å²) in [5.74, 6) is 0.320. The number of hydrogen-bond acceptors (Lipinski definition) is 7. The maximum absolute atomic E-state index is 12.1. The van der Waals surface area contributed by atoms with E-state index in [1.807, 2.05) is 13.8 Å². The maximum atomic E-state index is 12.1. The summed E-state index contributed by atoms with van der Waals surface area (Å²) in [5, 5.41) is 0. The number of hydrogen-bond donors (Lipinski definition) is 0. The number of allylic oxidation sites excluding steroid dienone is 1. The third-order valence-electron chi connectivity index (χ3n) is 3.33. The smallest absolute Gasteiger partial charge is 0.314 e. The molecule has 0 aromatic carbocycles. The fraction of sp³-hybridized carbons (Fsp3) is 0.722. The molecule has 0 aliphatic heterocycles. The van der Waals surface area contributed by atoms with Crippen LogP contribution in [-0.2, 0) is 28.6 Å². The highest BCUT2D eigenvalue weighted by atomic mass is 32.2. The second kappa shape index (κ2) is 12.0. The molecule has 0 bridgehead atoms. The Hall–Kier alpha value is -1.50. The Morgan fingerprint density at radius 3 is 2.36 bits per heavy atom. The lowest BCUT2D eigenvalue weighted by Gasteiger charge is -2.22. The normalized spacial score (nSPS) is 12.2. The molecule has 0 aliphatic carbocycles.